The Morgan fingerprint density at radius 1 is 1.32 bits per heavy atom. The van der Waals surface area contributed by atoms with Crippen molar-refractivity contribution in [2.75, 3.05) is 24.7 Å². The van der Waals surface area contributed by atoms with Crippen LogP contribution in [-0.4, -0.2) is 69.5 Å². The fourth-order valence-electron chi connectivity index (χ4n) is 3.57. The van der Waals surface area contributed by atoms with E-state index in [4.69, 9.17) is 14.3 Å². The minimum Gasteiger partial charge on any atom is -0.490 e. The lowest BCUT2D eigenvalue weighted by Crippen LogP contribution is -2.70. The van der Waals surface area contributed by atoms with Crippen LogP contribution >= 0.6 is 23.5 Å². The van der Waals surface area contributed by atoms with Gasteiger partial charge in [0.1, 0.15) is 30.3 Å². The van der Waals surface area contributed by atoms with Crippen LogP contribution in [0, 0.1) is 10.1 Å². The first-order valence-corrected chi connectivity index (χ1v) is 13.5. The van der Waals surface area contributed by atoms with E-state index in [0.29, 0.717) is 31.0 Å². The Kier molecular flexibility index (Phi) is 8.71. The third kappa shape index (κ3) is 6.07. The van der Waals surface area contributed by atoms with Gasteiger partial charge in [-0.25, -0.2) is 4.79 Å². The van der Waals surface area contributed by atoms with Crippen molar-refractivity contribution in [3.8, 4) is 0 Å². The van der Waals surface area contributed by atoms with Crippen molar-refractivity contribution in [3.63, 3.8) is 0 Å². The summed E-state index contributed by atoms with van der Waals surface area (Å²) < 4.78 is 10.9. The zero-order valence-corrected chi connectivity index (χ0v) is 21.4. The topological polar surface area (TPSA) is 150 Å². The average molecular weight is 549 g/mol. The standard InChI is InChI=1S/C23H24N4O8S2/c1-2-8-35-25-18(17-13-36-11-9-33-17)20(28)24-19-21(29)26-16(7-10-37-22(19)26)23(30)34-12-14-3-5-15(6-4-14)27(31)32/h3-7,13,19,22H,2,8-12H2,1H3,(H,24,28)/t19?,22-/m1/s1. The Morgan fingerprint density at radius 2 is 2.11 bits per heavy atom. The van der Waals surface area contributed by atoms with Gasteiger partial charge in [0.15, 0.2) is 5.76 Å². The van der Waals surface area contributed by atoms with Gasteiger partial charge >= 0.3 is 5.97 Å². The van der Waals surface area contributed by atoms with Crippen LogP contribution in [0.15, 0.2) is 52.4 Å². The van der Waals surface area contributed by atoms with E-state index < -0.39 is 34.1 Å². The number of carbonyl (C=O) groups is 3. The predicted molar refractivity (Wildman–Crippen MR) is 136 cm³/mol. The number of non-ortho nitro benzene ring substituents is 1. The zero-order valence-electron chi connectivity index (χ0n) is 19.8. The summed E-state index contributed by atoms with van der Waals surface area (Å²) in [5, 5.41) is 18.6. The van der Waals surface area contributed by atoms with Gasteiger partial charge in [0.2, 0.25) is 5.71 Å². The molecule has 3 aliphatic rings. The minimum atomic E-state index is -0.864. The first-order chi connectivity index (χ1) is 17.9. The Hall–Kier alpha value is -3.52. The second-order valence-electron chi connectivity index (χ2n) is 7.95. The molecule has 0 spiro atoms. The molecule has 0 saturated carbocycles. The SMILES string of the molecule is CCCON=C(C(=O)NC1C(=O)N2C(C(=O)OCc3ccc([N+](=O)[O-])cc3)=CCS[C@H]12)C1=CSCCO1. The summed E-state index contributed by atoms with van der Waals surface area (Å²) in [5.74, 6) is -0.298. The van der Waals surface area contributed by atoms with Crippen LogP contribution in [-0.2, 0) is 35.3 Å². The van der Waals surface area contributed by atoms with Gasteiger partial charge in [-0.05, 0) is 30.2 Å². The summed E-state index contributed by atoms with van der Waals surface area (Å²) in [6.07, 6.45) is 2.30. The smallest absolute Gasteiger partial charge is 0.355 e. The van der Waals surface area contributed by atoms with E-state index in [0.717, 1.165) is 5.75 Å². The zero-order chi connectivity index (χ0) is 26.4. The van der Waals surface area contributed by atoms with Gasteiger partial charge in [-0.2, -0.15) is 0 Å². The molecule has 0 aromatic heterocycles. The molecule has 0 radical (unpaired) electrons. The number of hydrogen-bond acceptors (Lipinski definition) is 11. The van der Waals surface area contributed by atoms with Crippen molar-refractivity contribution in [1.82, 2.24) is 10.2 Å². The van der Waals surface area contributed by atoms with Crippen molar-refractivity contribution >= 4 is 52.7 Å². The number of carbonyl (C=O) groups excluding carboxylic acids is 3. The van der Waals surface area contributed by atoms with Gasteiger partial charge in [-0.3, -0.25) is 24.6 Å². The first-order valence-electron chi connectivity index (χ1n) is 11.4. The summed E-state index contributed by atoms with van der Waals surface area (Å²) in [6.45, 7) is 2.54. The third-order valence-electron chi connectivity index (χ3n) is 5.41. The molecule has 196 valence electrons. The molecule has 12 nitrogen and oxygen atoms in total. The number of ether oxygens (including phenoxy) is 2. The lowest BCUT2D eigenvalue weighted by molar-refractivity contribution is -0.384. The van der Waals surface area contributed by atoms with Crippen molar-refractivity contribution in [3.05, 3.63) is 62.9 Å². The van der Waals surface area contributed by atoms with E-state index in [1.165, 1.54) is 52.7 Å². The highest BCUT2D eigenvalue weighted by Crippen LogP contribution is 2.38. The maximum absolute atomic E-state index is 13.0. The number of nitro groups is 1. The van der Waals surface area contributed by atoms with Gasteiger partial charge < -0.3 is 19.6 Å². The van der Waals surface area contributed by atoms with E-state index in [1.807, 2.05) is 6.92 Å². The van der Waals surface area contributed by atoms with Crippen molar-refractivity contribution < 1.29 is 33.6 Å². The highest BCUT2D eigenvalue weighted by atomic mass is 32.2. The molecule has 2 amide bonds. The number of nitrogens with one attached hydrogen (secondary N) is 1. The van der Waals surface area contributed by atoms with Crippen LogP contribution in [0.2, 0.25) is 0 Å². The maximum Gasteiger partial charge on any atom is 0.355 e. The monoisotopic (exact) mass is 548 g/mol. The number of amides is 2. The molecule has 1 aromatic rings. The number of thioether (sulfide) groups is 2. The summed E-state index contributed by atoms with van der Waals surface area (Å²) >= 11 is 2.88. The number of benzene rings is 1. The molecular weight excluding hydrogens is 524 g/mol. The van der Waals surface area contributed by atoms with E-state index >= 15 is 0 Å². The van der Waals surface area contributed by atoms with Crippen molar-refractivity contribution in [2.24, 2.45) is 5.16 Å². The second kappa shape index (κ2) is 12.1. The summed E-state index contributed by atoms with van der Waals surface area (Å²) in [5.41, 5.74) is 0.539. The number of β-lactam (4-membered cyclic amide) rings is 1. The van der Waals surface area contributed by atoms with Crippen LogP contribution in [0.4, 0.5) is 5.69 Å². The Labute approximate surface area is 220 Å². The van der Waals surface area contributed by atoms with Gasteiger partial charge in [0.25, 0.3) is 17.5 Å². The van der Waals surface area contributed by atoms with Crippen LogP contribution in [0.1, 0.15) is 18.9 Å². The molecule has 0 aliphatic carbocycles. The van der Waals surface area contributed by atoms with E-state index in [2.05, 4.69) is 10.5 Å². The van der Waals surface area contributed by atoms with Crippen LogP contribution in [0.3, 0.4) is 0 Å². The molecule has 1 fully saturated rings. The van der Waals surface area contributed by atoms with Gasteiger partial charge in [-0.1, -0.05) is 12.1 Å². The number of oxime groups is 1. The molecular formula is C23H24N4O8S2. The maximum atomic E-state index is 13.0. The molecule has 1 unspecified atom stereocenters. The molecule has 3 aliphatic heterocycles. The molecule has 14 heteroatoms. The summed E-state index contributed by atoms with van der Waals surface area (Å²) in [7, 11) is 0. The number of nitrogens with zero attached hydrogens (tertiary/aromatic N) is 3. The van der Waals surface area contributed by atoms with Crippen LogP contribution < -0.4 is 5.32 Å². The Balaban J connectivity index is 1.38. The Morgan fingerprint density at radius 3 is 2.78 bits per heavy atom. The number of esters is 1. The second-order valence-corrected chi connectivity index (χ2v) is 10.1. The normalized spacial score (nSPS) is 20.9. The number of nitro benzene ring substituents is 1. The largest absolute Gasteiger partial charge is 0.490 e. The highest BCUT2D eigenvalue weighted by Gasteiger charge is 2.53. The fraction of sp³-hybridized carbons (Fsp3) is 0.391. The van der Waals surface area contributed by atoms with Crippen LogP contribution in [0.5, 0.6) is 0 Å². The van der Waals surface area contributed by atoms with Crippen molar-refractivity contribution in [2.45, 2.75) is 31.4 Å². The van der Waals surface area contributed by atoms with Gasteiger partial charge in [0.05, 0.1) is 11.5 Å². The van der Waals surface area contributed by atoms with Gasteiger partial charge in [-0.15, -0.1) is 23.5 Å². The number of hydrogen-bond donors (Lipinski definition) is 1. The molecule has 1 saturated heterocycles. The van der Waals surface area contributed by atoms with E-state index in [1.54, 1.807) is 11.5 Å². The summed E-state index contributed by atoms with van der Waals surface area (Å²) in [4.78, 5) is 55.5. The molecule has 0 bridgehead atoms. The quantitative estimate of drug-likeness (QED) is 0.115. The predicted octanol–water partition coefficient (Wildman–Crippen LogP) is 2.31. The average Bonchev–Trinajstić information content (AvgIpc) is 2.92. The molecule has 1 N–H and O–H groups in total. The molecule has 37 heavy (non-hydrogen) atoms. The van der Waals surface area contributed by atoms with Crippen LogP contribution in [0.25, 0.3) is 0 Å². The third-order valence-corrected chi connectivity index (χ3v) is 7.37. The summed E-state index contributed by atoms with van der Waals surface area (Å²) in [6, 6.07) is 4.76. The molecule has 3 heterocycles. The number of fused-ring (bicyclic) bond motifs is 1. The molecule has 2 atom stereocenters. The highest BCUT2D eigenvalue weighted by molar-refractivity contribution is 8.02. The fourth-order valence-corrected chi connectivity index (χ4v) is 5.39. The lowest BCUT2D eigenvalue weighted by atomic mass is 10.0. The lowest BCUT2D eigenvalue weighted by Gasteiger charge is -2.48. The number of rotatable bonds is 10. The van der Waals surface area contributed by atoms with Crippen molar-refractivity contribution in [1.29, 1.82) is 0 Å². The molecule has 1 aromatic carbocycles. The minimum absolute atomic E-state index is 0.0500. The van der Waals surface area contributed by atoms with E-state index in [-0.39, 0.29) is 29.5 Å². The molecule has 4 rings (SSSR count). The van der Waals surface area contributed by atoms with Gasteiger partial charge in [0, 0.05) is 29.0 Å². The van der Waals surface area contributed by atoms with E-state index in [9.17, 15) is 24.5 Å². The Bertz CT molecular complexity index is 1170. The first kappa shape index (κ1) is 26.5.